The van der Waals surface area contributed by atoms with Crippen molar-refractivity contribution in [3.8, 4) is 11.1 Å². The fourth-order valence-electron chi connectivity index (χ4n) is 2.82. The number of hydrogen-bond acceptors (Lipinski definition) is 2. The van der Waals surface area contributed by atoms with E-state index in [2.05, 4.69) is 0 Å². The van der Waals surface area contributed by atoms with Crippen LogP contribution in [0.25, 0.3) is 11.1 Å². The van der Waals surface area contributed by atoms with Gasteiger partial charge in [0.05, 0.1) is 6.42 Å². The number of carbonyl (C=O) groups excluding carboxylic acids is 1. The Labute approximate surface area is 129 Å². The van der Waals surface area contributed by atoms with Crippen LogP contribution < -0.4 is 5.73 Å². The molecule has 1 saturated heterocycles. The number of nitrogen functional groups attached to an aromatic ring is 1. The molecule has 0 aromatic heterocycles. The molecule has 0 saturated carbocycles. The van der Waals surface area contributed by atoms with E-state index in [1.807, 2.05) is 23.1 Å². The van der Waals surface area contributed by atoms with Crippen molar-refractivity contribution < 1.29 is 9.18 Å². The molecule has 0 spiro atoms. The minimum Gasteiger partial charge on any atom is -0.398 e. The van der Waals surface area contributed by atoms with Crippen molar-refractivity contribution in [3.05, 3.63) is 53.8 Å². The molecule has 0 bridgehead atoms. The Morgan fingerprint density at radius 1 is 1.05 bits per heavy atom. The average molecular weight is 298 g/mol. The van der Waals surface area contributed by atoms with Crippen molar-refractivity contribution in [1.29, 1.82) is 0 Å². The number of benzene rings is 2. The number of anilines is 1. The molecule has 0 unspecified atom stereocenters. The highest BCUT2D eigenvalue weighted by molar-refractivity contribution is 5.81. The fraction of sp³-hybridized carbons (Fsp3) is 0.278. The largest absolute Gasteiger partial charge is 0.398 e. The van der Waals surface area contributed by atoms with E-state index in [9.17, 15) is 9.18 Å². The molecule has 114 valence electrons. The third-order valence-electron chi connectivity index (χ3n) is 4.12. The Morgan fingerprint density at radius 2 is 1.68 bits per heavy atom. The van der Waals surface area contributed by atoms with E-state index in [0.717, 1.165) is 42.6 Å². The lowest BCUT2D eigenvalue weighted by atomic mass is 10.00. The summed E-state index contributed by atoms with van der Waals surface area (Å²) in [6.07, 6.45) is 2.48. The molecule has 2 N–H and O–H groups in total. The molecule has 1 heterocycles. The molecule has 2 aromatic rings. The lowest BCUT2D eigenvalue weighted by Crippen LogP contribution is -2.29. The van der Waals surface area contributed by atoms with Crippen LogP contribution in [0.4, 0.5) is 10.1 Å². The first-order valence-electron chi connectivity index (χ1n) is 7.55. The maximum absolute atomic E-state index is 13.0. The molecule has 0 atom stereocenters. The van der Waals surface area contributed by atoms with Crippen molar-refractivity contribution in [3.63, 3.8) is 0 Å². The normalized spacial score (nSPS) is 14.3. The van der Waals surface area contributed by atoms with Gasteiger partial charge in [-0.25, -0.2) is 4.39 Å². The average Bonchev–Trinajstić information content (AvgIpc) is 3.05. The van der Waals surface area contributed by atoms with Gasteiger partial charge in [-0.15, -0.1) is 0 Å². The summed E-state index contributed by atoms with van der Waals surface area (Å²) in [4.78, 5) is 14.2. The van der Waals surface area contributed by atoms with Crippen molar-refractivity contribution in [2.24, 2.45) is 0 Å². The van der Waals surface area contributed by atoms with E-state index in [4.69, 9.17) is 5.73 Å². The molecular weight excluding hydrogens is 279 g/mol. The minimum atomic E-state index is -0.261. The van der Waals surface area contributed by atoms with Crippen molar-refractivity contribution in [1.82, 2.24) is 4.90 Å². The second kappa shape index (κ2) is 6.18. The number of rotatable bonds is 3. The third kappa shape index (κ3) is 3.11. The summed E-state index contributed by atoms with van der Waals surface area (Å²) in [7, 11) is 0. The highest BCUT2D eigenvalue weighted by Crippen LogP contribution is 2.25. The number of hydrogen-bond donors (Lipinski definition) is 1. The Morgan fingerprint density at radius 3 is 2.36 bits per heavy atom. The molecule has 4 heteroatoms. The van der Waals surface area contributed by atoms with E-state index in [1.54, 1.807) is 12.1 Å². The monoisotopic (exact) mass is 298 g/mol. The molecule has 22 heavy (non-hydrogen) atoms. The summed E-state index contributed by atoms with van der Waals surface area (Å²) >= 11 is 0. The second-order valence-corrected chi connectivity index (χ2v) is 5.69. The standard InChI is InChI=1S/C18H19FN2O/c19-16-6-3-13(4-7-16)14-5-8-17(20)15(11-14)12-18(22)21-9-1-2-10-21/h3-8,11H,1-2,9-10,12,20H2. The minimum absolute atomic E-state index is 0.125. The van der Waals surface area contributed by atoms with Crippen molar-refractivity contribution >= 4 is 11.6 Å². The van der Waals surface area contributed by atoms with E-state index < -0.39 is 0 Å². The Kier molecular flexibility index (Phi) is 4.09. The Bertz CT molecular complexity index is 676. The van der Waals surface area contributed by atoms with Gasteiger partial charge in [0.25, 0.3) is 0 Å². The van der Waals surface area contributed by atoms with E-state index in [1.165, 1.54) is 12.1 Å². The molecule has 0 radical (unpaired) electrons. The predicted molar refractivity (Wildman–Crippen MR) is 85.8 cm³/mol. The number of amides is 1. The van der Waals surface area contributed by atoms with Gasteiger partial charge in [-0.1, -0.05) is 18.2 Å². The number of likely N-dealkylation sites (tertiary alicyclic amines) is 1. The van der Waals surface area contributed by atoms with Crippen molar-refractivity contribution in [2.75, 3.05) is 18.8 Å². The lowest BCUT2D eigenvalue weighted by molar-refractivity contribution is -0.129. The fourth-order valence-corrected chi connectivity index (χ4v) is 2.82. The number of halogens is 1. The van der Waals surface area contributed by atoms with Crippen LogP contribution in [-0.4, -0.2) is 23.9 Å². The summed E-state index contributed by atoms with van der Waals surface area (Å²) in [5.74, 6) is -0.135. The molecule has 0 aliphatic carbocycles. The molecule has 1 amide bonds. The first-order chi connectivity index (χ1) is 10.6. The van der Waals surface area contributed by atoms with E-state index in [0.29, 0.717) is 12.1 Å². The molecule has 3 nitrogen and oxygen atoms in total. The van der Waals surface area contributed by atoms with Gasteiger partial charge in [0.15, 0.2) is 0 Å². The number of carbonyl (C=O) groups is 1. The molecular formula is C18H19FN2O. The summed E-state index contributed by atoms with van der Waals surface area (Å²) in [5, 5.41) is 0. The Balaban J connectivity index is 1.83. The molecule has 1 aliphatic heterocycles. The van der Waals surface area contributed by atoms with Gasteiger partial charge in [-0.05, 0) is 53.8 Å². The van der Waals surface area contributed by atoms with Gasteiger partial charge < -0.3 is 10.6 Å². The first kappa shape index (κ1) is 14.6. The van der Waals surface area contributed by atoms with Crippen LogP contribution in [0.15, 0.2) is 42.5 Å². The second-order valence-electron chi connectivity index (χ2n) is 5.69. The summed E-state index contributed by atoms with van der Waals surface area (Å²) in [6, 6.07) is 12.0. The lowest BCUT2D eigenvalue weighted by Gasteiger charge is -2.16. The van der Waals surface area contributed by atoms with Crippen LogP contribution >= 0.6 is 0 Å². The number of nitrogens with zero attached hydrogens (tertiary/aromatic N) is 1. The predicted octanol–water partition coefficient (Wildman–Crippen LogP) is 3.24. The van der Waals surface area contributed by atoms with Gasteiger partial charge in [-0.2, -0.15) is 0 Å². The van der Waals surface area contributed by atoms with Crippen LogP contribution in [0.2, 0.25) is 0 Å². The van der Waals surface area contributed by atoms with Crippen LogP contribution in [0, 0.1) is 5.82 Å². The van der Waals surface area contributed by atoms with Crippen LogP contribution in [0.1, 0.15) is 18.4 Å². The van der Waals surface area contributed by atoms with E-state index >= 15 is 0 Å². The van der Waals surface area contributed by atoms with Crippen LogP contribution in [0.5, 0.6) is 0 Å². The van der Waals surface area contributed by atoms with Crippen molar-refractivity contribution in [2.45, 2.75) is 19.3 Å². The SMILES string of the molecule is Nc1ccc(-c2ccc(F)cc2)cc1CC(=O)N1CCCC1. The van der Waals surface area contributed by atoms with Crippen LogP contribution in [-0.2, 0) is 11.2 Å². The van der Waals surface area contributed by atoms with E-state index in [-0.39, 0.29) is 11.7 Å². The molecule has 1 aliphatic rings. The maximum atomic E-state index is 13.0. The summed E-state index contributed by atoms with van der Waals surface area (Å²) in [5.41, 5.74) is 9.32. The quantitative estimate of drug-likeness (QED) is 0.884. The third-order valence-corrected chi connectivity index (χ3v) is 4.12. The van der Waals surface area contributed by atoms with Gasteiger partial charge in [0.1, 0.15) is 5.82 Å². The first-order valence-corrected chi connectivity index (χ1v) is 7.55. The molecule has 2 aromatic carbocycles. The van der Waals surface area contributed by atoms with Gasteiger partial charge in [0.2, 0.25) is 5.91 Å². The van der Waals surface area contributed by atoms with Gasteiger partial charge >= 0.3 is 0 Å². The maximum Gasteiger partial charge on any atom is 0.227 e. The molecule has 3 rings (SSSR count). The number of nitrogens with two attached hydrogens (primary N) is 1. The summed E-state index contributed by atoms with van der Waals surface area (Å²) in [6.45, 7) is 1.69. The molecule has 1 fully saturated rings. The smallest absolute Gasteiger partial charge is 0.227 e. The highest BCUT2D eigenvalue weighted by atomic mass is 19.1. The highest BCUT2D eigenvalue weighted by Gasteiger charge is 2.19. The zero-order valence-electron chi connectivity index (χ0n) is 12.4. The topological polar surface area (TPSA) is 46.3 Å². The Hall–Kier alpha value is -2.36. The van der Waals surface area contributed by atoms with Gasteiger partial charge in [0, 0.05) is 18.8 Å². The zero-order chi connectivity index (χ0) is 15.5. The zero-order valence-corrected chi connectivity index (χ0v) is 12.4. The van der Waals surface area contributed by atoms with Crippen LogP contribution in [0.3, 0.4) is 0 Å². The summed E-state index contributed by atoms with van der Waals surface area (Å²) < 4.78 is 13.0. The van der Waals surface area contributed by atoms with Gasteiger partial charge in [-0.3, -0.25) is 4.79 Å².